The summed E-state index contributed by atoms with van der Waals surface area (Å²) in [5, 5.41) is 3.28. The summed E-state index contributed by atoms with van der Waals surface area (Å²) in [7, 11) is 0. The third-order valence-corrected chi connectivity index (χ3v) is 4.01. The molecule has 1 aliphatic rings. The monoisotopic (exact) mass is 339 g/mol. The SMILES string of the molecule is C=C(C)c1cnc(C2CC2)cc1Oc1cnc(N)nc1NCC(C)C. The number of pyridine rings is 1. The standard InChI is InChI=1S/C19H25N5O/c1-11(2)8-22-18-17(10-23-19(20)24-18)25-16-7-15(13-5-6-13)21-9-14(16)12(3)4/h7,9-11,13H,3,5-6,8H2,1-2,4H3,(H3,20,22,23,24). The molecule has 6 nitrogen and oxygen atoms in total. The number of nitrogens with zero attached hydrogens (tertiary/aromatic N) is 3. The lowest BCUT2D eigenvalue weighted by molar-refractivity contribution is 0.476. The number of allylic oxidation sites excluding steroid dienone is 1. The predicted octanol–water partition coefficient (Wildman–Crippen LogP) is 4.22. The second kappa shape index (κ2) is 7.09. The number of nitrogen functional groups attached to an aromatic ring is 1. The lowest BCUT2D eigenvalue weighted by Crippen LogP contribution is -2.11. The van der Waals surface area contributed by atoms with E-state index in [4.69, 9.17) is 10.5 Å². The van der Waals surface area contributed by atoms with Crippen molar-refractivity contribution in [1.29, 1.82) is 0 Å². The minimum Gasteiger partial charge on any atom is -0.451 e. The fourth-order valence-electron chi connectivity index (χ4n) is 2.46. The van der Waals surface area contributed by atoms with E-state index in [1.54, 1.807) is 6.20 Å². The van der Waals surface area contributed by atoms with Crippen LogP contribution < -0.4 is 15.8 Å². The fourth-order valence-corrected chi connectivity index (χ4v) is 2.46. The van der Waals surface area contributed by atoms with E-state index in [9.17, 15) is 0 Å². The Hall–Kier alpha value is -2.63. The highest BCUT2D eigenvalue weighted by Crippen LogP contribution is 2.42. The first-order chi connectivity index (χ1) is 11.9. The summed E-state index contributed by atoms with van der Waals surface area (Å²) in [6.45, 7) is 11.0. The van der Waals surface area contributed by atoms with Gasteiger partial charge in [-0.25, -0.2) is 4.98 Å². The topological polar surface area (TPSA) is 86.0 Å². The summed E-state index contributed by atoms with van der Waals surface area (Å²) in [5.41, 5.74) is 8.58. The van der Waals surface area contributed by atoms with E-state index < -0.39 is 0 Å². The van der Waals surface area contributed by atoms with E-state index in [1.165, 1.54) is 12.8 Å². The Morgan fingerprint density at radius 3 is 2.72 bits per heavy atom. The smallest absolute Gasteiger partial charge is 0.222 e. The molecule has 3 N–H and O–H groups in total. The van der Waals surface area contributed by atoms with E-state index in [0.717, 1.165) is 29.1 Å². The number of aromatic nitrogens is 3. The molecular formula is C19H25N5O. The number of ether oxygens (including phenoxy) is 1. The molecule has 6 heteroatoms. The van der Waals surface area contributed by atoms with E-state index in [1.807, 2.05) is 19.2 Å². The second-order valence-corrected chi connectivity index (χ2v) is 6.98. The van der Waals surface area contributed by atoms with Crippen LogP contribution in [0.1, 0.15) is 50.8 Å². The van der Waals surface area contributed by atoms with Crippen LogP contribution in [0.4, 0.5) is 11.8 Å². The molecule has 2 aromatic heterocycles. The molecule has 0 aromatic carbocycles. The molecule has 0 spiro atoms. The molecule has 0 bridgehead atoms. The number of hydrogen-bond acceptors (Lipinski definition) is 6. The summed E-state index contributed by atoms with van der Waals surface area (Å²) in [6.07, 6.45) is 5.81. The Labute approximate surface area is 148 Å². The van der Waals surface area contributed by atoms with Gasteiger partial charge in [0.2, 0.25) is 5.95 Å². The highest BCUT2D eigenvalue weighted by molar-refractivity contribution is 5.67. The Balaban J connectivity index is 1.93. The zero-order chi connectivity index (χ0) is 18.0. The molecule has 1 aliphatic carbocycles. The summed E-state index contributed by atoms with van der Waals surface area (Å²) in [4.78, 5) is 12.9. The van der Waals surface area contributed by atoms with Crippen molar-refractivity contribution in [2.45, 2.75) is 39.5 Å². The van der Waals surface area contributed by atoms with Crippen molar-refractivity contribution in [2.75, 3.05) is 17.6 Å². The van der Waals surface area contributed by atoms with Crippen LogP contribution in [0.25, 0.3) is 5.57 Å². The third kappa shape index (κ3) is 4.26. The van der Waals surface area contributed by atoms with Gasteiger partial charge in [0.25, 0.3) is 0 Å². The van der Waals surface area contributed by atoms with Crippen LogP contribution in [0, 0.1) is 5.92 Å². The summed E-state index contributed by atoms with van der Waals surface area (Å²) < 4.78 is 6.16. The first-order valence-electron chi connectivity index (χ1n) is 8.64. The predicted molar refractivity (Wildman–Crippen MR) is 101 cm³/mol. The molecule has 1 fully saturated rings. The maximum atomic E-state index is 6.16. The molecule has 0 atom stereocenters. The largest absolute Gasteiger partial charge is 0.451 e. The van der Waals surface area contributed by atoms with Gasteiger partial charge in [0.05, 0.1) is 6.20 Å². The highest BCUT2D eigenvalue weighted by Gasteiger charge is 2.26. The molecule has 25 heavy (non-hydrogen) atoms. The zero-order valence-electron chi connectivity index (χ0n) is 15.0. The number of anilines is 2. The molecule has 0 radical (unpaired) electrons. The van der Waals surface area contributed by atoms with Gasteiger partial charge >= 0.3 is 0 Å². The molecule has 132 valence electrons. The van der Waals surface area contributed by atoms with Gasteiger partial charge in [0, 0.05) is 36.0 Å². The Morgan fingerprint density at radius 1 is 1.32 bits per heavy atom. The minimum absolute atomic E-state index is 0.215. The fraction of sp³-hybridized carbons (Fsp3) is 0.421. The Morgan fingerprint density at radius 2 is 2.08 bits per heavy atom. The van der Waals surface area contributed by atoms with E-state index in [0.29, 0.717) is 23.4 Å². The molecule has 3 rings (SSSR count). The van der Waals surface area contributed by atoms with Gasteiger partial charge in [-0.1, -0.05) is 20.4 Å². The van der Waals surface area contributed by atoms with Crippen LogP contribution in [-0.4, -0.2) is 21.5 Å². The molecular weight excluding hydrogens is 314 g/mol. The number of nitrogens with one attached hydrogen (secondary N) is 1. The average molecular weight is 339 g/mol. The summed E-state index contributed by atoms with van der Waals surface area (Å²) in [5.74, 6) is 3.10. The van der Waals surface area contributed by atoms with Crippen molar-refractivity contribution in [3.05, 3.63) is 36.3 Å². The normalized spacial score (nSPS) is 13.8. The lowest BCUT2D eigenvalue weighted by Gasteiger charge is -2.16. The van der Waals surface area contributed by atoms with Gasteiger partial charge in [-0.2, -0.15) is 4.98 Å². The van der Waals surface area contributed by atoms with Gasteiger partial charge in [0.15, 0.2) is 11.6 Å². The third-order valence-electron chi connectivity index (χ3n) is 4.01. The van der Waals surface area contributed by atoms with Gasteiger partial charge < -0.3 is 15.8 Å². The first-order valence-corrected chi connectivity index (χ1v) is 8.64. The molecule has 2 heterocycles. The first kappa shape index (κ1) is 17.2. The van der Waals surface area contributed by atoms with Crippen LogP contribution in [0.5, 0.6) is 11.5 Å². The van der Waals surface area contributed by atoms with Crippen LogP contribution in [0.2, 0.25) is 0 Å². The van der Waals surface area contributed by atoms with Crippen LogP contribution in [-0.2, 0) is 0 Å². The van der Waals surface area contributed by atoms with Crippen molar-refractivity contribution in [2.24, 2.45) is 5.92 Å². The molecule has 0 aliphatic heterocycles. The summed E-state index contributed by atoms with van der Waals surface area (Å²) in [6, 6.07) is 2.00. The van der Waals surface area contributed by atoms with Crippen LogP contribution >= 0.6 is 0 Å². The quantitative estimate of drug-likeness (QED) is 0.785. The van der Waals surface area contributed by atoms with Crippen LogP contribution in [0.15, 0.2) is 25.0 Å². The lowest BCUT2D eigenvalue weighted by atomic mass is 10.1. The molecule has 0 amide bonds. The van der Waals surface area contributed by atoms with Gasteiger partial charge in [0.1, 0.15) is 5.75 Å². The number of rotatable bonds is 7. The molecule has 2 aromatic rings. The number of hydrogen-bond donors (Lipinski definition) is 2. The maximum Gasteiger partial charge on any atom is 0.222 e. The van der Waals surface area contributed by atoms with Gasteiger partial charge in [-0.3, -0.25) is 4.98 Å². The molecule has 0 unspecified atom stereocenters. The Kier molecular flexibility index (Phi) is 4.88. The molecule has 1 saturated carbocycles. The highest BCUT2D eigenvalue weighted by atomic mass is 16.5. The van der Waals surface area contributed by atoms with Gasteiger partial charge in [-0.15, -0.1) is 0 Å². The van der Waals surface area contributed by atoms with Crippen molar-refractivity contribution < 1.29 is 4.74 Å². The van der Waals surface area contributed by atoms with Gasteiger partial charge in [-0.05, 0) is 31.3 Å². The maximum absolute atomic E-state index is 6.16. The second-order valence-electron chi connectivity index (χ2n) is 6.98. The van der Waals surface area contributed by atoms with Crippen molar-refractivity contribution in [3.63, 3.8) is 0 Å². The zero-order valence-corrected chi connectivity index (χ0v) is 15.0. The van der Waals surface area contributed by atoms with Crippen molar-refractivity contribution >= 4 is 17.3 Å². The molecule has 0 saturated heterocycles. The van der Waals surface area contributed by atoms with E-state index in [2.05, 4.69) is 40.7 Å². The summed E-state index contributed by atoms with van der Waals surface area (Å²) >= 11 is 0. The van der Waals surface area contributed by atoms with Crippen molar-refractivity contribution in [3.8, 4) is 11.5 Å². The van der Waals surface area contributed by atoms with E-state index in [-0.39, 0.29) is 5.95 Å². The van der Waals surface area contributed by atoms with Crippen LogP contribution in [0.3, 0.4) is 0 Å². The van der Waals surface area contributed by atoms with Crippen molar-refractivity contribution in [1.82, 2.24) is 15.0 Å². The Bertz CT molecular complexity index is 783. The minimum atomic E-state index is 0.215. The number of nitrogens with two attached hydrogens (primary N) is 1. The van der Waals surface area contributed by atoms with E-state index >= 15 is 0 Å². The average Bonchev–Trinajstić information content (AvgIpc) is 3.39.